The number of benzene rings is 1. The van der Waals surface area contributed by atoms with E-state index in [1.807, 2.05) is 58.9 Å². The zero-order valence-corrected chi connectivity index (χ0v) is 22.1. The molecule has 7 nitrogen and oxygen atoms in total. The van der Waals surface area contributed by atoms with E-state index in [-0.39, 0.29) is 23.8 Å². The minimum atomic E-state index is -0.843. The summed E-state index contributed by atoms with van der Waals surface area (Å²) in [7, 11) is 0. The average Bonchev–Trinajstić information content (AvgIpc) is 2.70. The topological polar surface area (TPSA) is 87.7 Å². The first-order chi connectivity index (χ1) is 15.8. The van der Waals surface area contributed by atoms with Crippen molar-refractivity contribution in [3.8, 4) is 0 Å². The number of ether oxygens (including phenoxy) is 1. The van der Waals surface area contributed by atoms with Crippen LogP contribution in [0.15, 0.2) is 30.8 Å². The Balaban J connectivity index is 3.45. The van der Waals surface area contributed by atoms with E-state index < -0.39 is 23.8 Å². The molecule has 1 aromatic rings. The number of nitrogens with zero attached hydrogens (tertiary/aromatic N) is 1. The Bertz CT molecular complexity index is 843. The van der Waals surface area contributed by atoms with Crippen LogP contribution in [-0.4, -0.2) is 47.0 Å². The van der Waals surface area contributed by atoms with Crippen molar-refractivity contribution in [1.29, 1.82) is 0 Å². The van der Waals surface area contributed by atoms with Crippen molar-refractivity contribution in [3.05, 3.63) is 42.0 Å². The Kier molecular flexibility index (Phi) is 11.3. The third-order valence-electron chi connectivity index (χ3n) is 4.90. The summed E-state index contributed by atoms with van der Waals surface area (Å²) in [5.74, 6) is -0.438. The van der Waals surface area contributed by atoms with Gasteiger partial charge in [0.1, 0.15) is 17.7 Å². The highest BCUT2D eigenvalue weighted by atomic mass is 16.6. The monoisotopic (exact) mass is 473 g/mol. The van der Waals surface area contributed by atoms with E-state index in [2.05, 4.69) is 17.2 Å². The van der Waals surface area contributed by atoms with Crippen LogP contribution in [0.2, 0.25) is 0 Å². The summed E-state index contributed by atoms with van der Waals surface area (Å²) in [5.41, 5.74) is 0.857. The molecule has 190 valence electrons. The van der Waals surface area contributed by atoms with Gasteiger partial charge in [-0.3, -0.25) is 9.59 Å². The molecule has 0 saturated carbocycles. The molecule has 2 N–H and O–H groups in total. The van der Waals surface area contributed by atoms with Gasteiger partial charge >= 0.3 is 6.09 Å². The van der Waals surface area contributed by atoms with Gasteiger partial charge in [0.25, 0.3) is 0 Å². The van der Waals surface area contributed by atoms with Crippen molar-refractivity contribution >= 4 is 24.0 Å². The van der Waals surface area contributed by atoms with E-state index in [0.717, 1.165) is 5.56 Å². The van der Waals surface area contributed by atoms with Gasteiger partial charge < -0.3 is 20.3 Å². The fourth-order valence-corrected chi connectivity index (χ4v) is 3.64. The molecule has 34 heavy (non-hydrogen) atoms. The summed E-state index contributed by atoms with van der Waals surface area (Å²) in [4.78, 5) is 41.4. The lowest BCUT2D eigenvalue weighted by Crippen LogP contribution is -2.54. The van der Waals surface area contributed by atoms with Gasteiger partial charge in [-0.25, -0.2) is 4.79 Å². The van der Waals surface area contributed by atoms with Crippen molar-refractivity contribution in [2.24, 2.45) is 5.92 Å². The molecule has 0 aromatic heterocycles. The van der Waals surface area contributed by atoms with Gasteiger partial charge in [0.05, 0.1) is 0 Å². The van der Waals surface area contributed by atoms with Gasteiger partial charge in [-0.15, -0.1) is 0 Å². The number of hydrogen-bond donors (Lipinski definition) is 2. The zero-order chi connectivity index (χ0) is 26.1. The summed E-state index contributed by atoms with van der Waals surface area (Å²) in [5, 5.41) is 5.71. The number of amides is 3. The molecular formula is C27H43N3O4. The van der Waals surface area contributed by atoms with Crippen molar-refractivity contribution in [3.63, 3.8) is 0 Å². The Labute approximate surface area is 205 Å². The van der Waals surface area contributed by atoms with Crippen molar-refractivity contribution < 1.29 is 19.1 Å². The van der Waals surface area contributed by atoms with E-state index in [9.17, 15) is 14.4 Å². The first kappa shape index (κ1) is 29.2. The van der Waals surface area contributed by atoms with E-state index >= 15 is 0 Å². The average molecular weight is 474 g/mol. The molecule has 7 heteroatoms. The lowest BCUT2D eigenvalue weighted by molar-refractivity contribution is -0.143. The zero-order valence-electron chi connectivity index (χ0n) is 22.1. The van der Waals surface area contributed by atoms with Gasteiger partial charge in [0.2, 0.25) is 11.8 Å². The summed E-state index contributed by atoms with van der Waals surface area (Å²) in [6.07, 6.45) is 2.13. The van der Waals surface area contributed by atoms with Crippen molar-refractivity contribution in [1.82, 2.24) is 15.5 Å². The molecule has 3 amide bonds. The molecular weight excluding hydrogens is 430 g/mol. The predicted octanol–water partition coefficient (Wildman–Crippen LogP) is 5.07. The lowest BCUT2D eigenvalue weighted by Gasteiger charge is -2.35. The normalized spacial score (nSPS) is 13.2. The molecule has 2 atom stereocenters. The fraction of sp³-hybridized carbons (Fsp3) is 0.593. The molecule has 0 radical (unpaired) electrons. The van der Waals surface area contributed by atoms with Gasteiger partial charge in [-0.1, -0.05) is 51.6 Å². The number of nitrogens with one attached hydrogen (secondary N) is 2. The smallest absolute Gasteiger partial charge is 0.408 e. The van der Waals surface area contributed by atoms with Crippen LogP contribution < -0.4 is 10.6 Å². The summed E-state index contributed by atoms with van der Waals surface area (Å²) in [6.45, 7) is 19.2. The van der Waals surface area contributed by atoms with Crippen molar-refractivity contribution in [2.75, 3.05) is 6.54 Å². The Morgan fingerprint density at radius 1 is 1.12 bits per heavy atom. The molecule has 0 saturated heterocycles. The highest BCUT2D eigenvalue weighted by Crippen LogP contribution is 2.25. The van der Waals surface area contributed by atoms with E-state index in [1.165, 1.54) is 0 Å². The van der Waals surface area contributed by atoms with E-state index in [0.29, 0.717) is 24.9 Å². The third-order valence-corrected chi connectivity index (χ3v) is 4.90. The highest BCUT2D eigenvalue weighted by molar-refractivity contribution is 5.92. The maximum Gasteiger partial charge on any atom is 0.408 e. The minimum absolute atomic E-state index is 0.0949. The van der Waals surface area contributed by atoms with Crippen LogP contribution in [0.4, 0.5) is 4.79 Å². The first-order valence-electron chi connectivity index (χ1n) is 12.1. The molecule has 0 aliphatic carbocycles. The quantitative estimate of drug-likeness (QED) is 0.469. The molecule has 0 aliphatic heterocycles. The molecule has 2 unspecified atom stereocenters. The first-order valence-corrected chi connectivity index (χ1v) is 12.1. The summed E-state index contributed by atoms with van der Waals surface area (Å²) >= 11 is 0. The van der Waals surface area contributed by atoms with E-state index in [1.54, 1.807) is 31.7 Å². The number of carbonyl (C=O) groups excluding carboxylic acids is 3. The number of carbonyl (C=O) groups is 3. The van der Waals surface area contributed by atoms with Crippen LogP contribution >= 0.6 is 0 Å². The summed E-state index contributed by atoms with van der Waals surface area (Å²) in [6, 6.07) is 5.69. The van der Waals surface area contributed by atoms with E-state index in [4.69, 9.17) is 4.74 Å². The molecule has 0 aliphatic rings. The maximum atomic E-state index is 13.9. The number of alkyl carbamates (subject to hydrolysis) is 1. The SMILES string of the molecule is C=Cc1cccc(C(C(=O)NC(C)C)N(CCC)C(=O)C(CC(C)C)NC(=O)OC(C)(C)C)c1. The lowest BCUT2D eigenvalue weighted by atomic mass is 9.97. The largest absolute Gasteiger partial charge is 0.444 e. The molecule has 1 rings (SSSR count). The molecule has 0 fully saturated rings. The van der Waals surface area contributed by atoms with Crippen LogP contribution in [0.5, 0.6) is 0 Å². The summed E-state index contributed by atoms with van der Waals surface area (Å²) < 4.78 is 5.40. The van der Waals surface area contributed by atoms with Crippen molar-refractivity contribution in [2.45, 2.75) is 92.0 Å². The maximum absolute atomic E-state index is 13.9. The van der Waals surface area contributed by atoms with Gasteiger partial charge in [-0.2, -0.15) is 0 Å². The molecule has 1 aromatic carbocycles. The predicted molar refractivity (Wildman–Crippen MR) is 137 cm³/mol. The molecule has 0 spiro atoms. The Hall–Kier alpha value is -2.83. The fourth-order valence-electron chi connectivity index (χ4n) is 3.64. The second kappa shape index (κ2) is 13.2. The molecule has 0 bridgehead atoms. The molecule has 0 heterocycles. The van der Waals surface area contributed by atoms with Gasteiger partial charge in [-0.05, 0) is 70.6 Å². The number of rotatable bonds is 11. The van der Waals surface area contributed by atoms with Gasteiger partial charge in [0.15, 0.2) is 0 Å². The van der Waals surface area contributed by atoms with Crippen LogP contribution in [0.3, 0.4) is 0 Å². The van der Waals surface area contributed by atoms with Crippen LogP contribution in [-0.2, 0) is 14.3 Å². The Morgan fingerprint density at radius 3 is 2.26 bits per heavy atom. The van der Waals surface area contributed by atoms with Gasteiger partial charge in [0, 0.05) is 12.6 Å². The standard InChI is InChI=1S/C27H43N3O4/c1-10-15-30(25(32)22(16-18(3)4)29-26(33)34-27(7,8)9)23(24(31)28-19(5)6)21-14-12-13-20(11-2)17-21/h11-14,17-19,22-23H,2,10,15-16H2,1,3-9H3,(H,28,31)(H,29,33). The van der Waals surface area contributed by atoms with Crippen LogP contribution in [0, 0.1) is 5.92 Å². The third kappa shape index (κ3) is 9.57. The Morgan fingerprint density at radius 2 is 1.76 bits per heavy atom. The number of hydrogen-bond acceptors (Lipinski definition) is 4. The second-order valence-corrected chi connectivity index (χ2v) is 10.3. The minimum Gasteiger partial charge on any atom is -0.444 e. The van der Waals surface area contributed by atoms with Crippen LogP contribution in [0.1, 0.15) is 85.4 Å². The van der Waals surface area contributed by atoms with Crippen LogP contribution in [0.25, 0.3) is 6.08 Å². The highest BCUT2D eigenvalue weighted by Gasteiger charge is 2.36. The second-order valence-electron chi connectivity index (χ2n) is 10.3.